The Morgan fingerprint density at radius 2 is 1.58 bits per heavy atom. The summed E-state index contributed by atoms with van der Waals surface area (Å²) < 4.78 is 27.2. The first-order valence-electron chi connectivity index (χ1n) is 10.8. The van der Waals surface area contributed by atoms with Crippen LogP contribution < -0.4 is 0 Å². The molecule has 3 aromatic rings. The summed E-state index contributed by atoms with van der Waals surface area (Å²) in [4.78, 5) is 4.97. The number of hydrogen-bond acceptors (Lipinski definition) is 2. The lowest BCUT2D eigenvalue weighted by atomic mass is 10.00. The SMILES string of the molecule is CC(c1ccc(-c2ccc(F)cc2F)cc1)N1CCN(C/C=C/c2ccccc2)CC1. The Kier molecular flexibility index (Phi) is 6.90. The lowest BCUT2D eigenvalue weighted by Gasteiger charge is -2.38. The Hall–Kier alpha value is -2.82. The lowest BCUT2D eigenvalue weighted by molar-refractivity contribution is 0.110. The van der Waals surface area contributed by atoms with Gasteiger partial charge in [0.2, 0.25) is 0 Å². The van der Waals surface area contributed by atoms with Crippen LogP contribution in [0.4, 0.5) is 8.78 Å². The van der Waals surface area contributed by atoms with E-state index in [0.717, 1.165) is 44.4 Å². The van der Waals surface area contributed by atoms with Crippen molar-refractivity contribution in [3.05, 3.63) is 102 Å². The smallest absolute Gasteiger partial charge is 0.133 e. The Morgan fingerprint density at radius 1 is 0.871 bits per heavy atom. The Labute approximate surface area is 183 Å². The van der Waals surface area contributed by atoms with Crippen LogP contribution in [0.25, 0.3) is 17.2 Å². The number of piperazine rings is 1. The molecule has 1 fully saturated rings. The zero-order valence-corrected chi connectivity index (χ0v) is 17.8. The molecule has 0 bridgehead atoms. The van der Waals surface area contributed by atoms with E-state index in [2.05, 4.69) is 65.3 Å². The van der Waals surface area contributed by atoms with E-state index in [-0.39, 0.29) is 0 Å². The van der Waals surface area contributed by atoms with Crippen molar-refractivity contribution in [2.45, 2.75) is 13.0 Å². The summed E-state index contributed by atoms with van der Waals surface area (Å²) in [5, 5.41) is 0. The highest BCUT2D eigenvalue weighted by Gasteiger charge is 2.21. The van der Waals surface area contributed by atoms with Crippen molar-refractivity contribution in [3.63, 3.8) is 0 Å². The Balaban J connectivity index is 1.31. The van der Waals surface area contributed by atoms with Gasteiger partial charge in [-0.15, -0.1) is 0 Å². The van der Waals surface area contributed by atoms with Crippen LogP contribution in [0.1, 0.15) is 24.1 Å². The molecule has 0 saturated carbocycles. The number of halogens is 2. The van der Waals surface area contributed by atoms with Gasteiger partial charge in [0.1, 0.15) is 11.6 Å². The molecule has 3 aromatic carbocycles. The maximum atomic E-state index is 14.1. The average molecular weight is 419 g/mol. The van der Waals surface area contributed by atoms with Crippen molar-refractivity contribution in [1.82, 2.24) is 9.80 Å². The van der Waals surface area contributed by atoms with Gasteiger partial charge in [0, 0.05) is 50.4 Å². The van der Waals surface area contributed by atoms with Crippen molar-refractivity contribution in [2.75, 3.05) is 32.7 Å². The van der Waals surface area contributed by atoms with Crippen molar-refractivity contribution in [2.24, 2.45) is 0 Å². The lowest BCUT2D eigenvalue weighted by Crippen LogP contribution is -2.47. The molecule has 1 aliphatic rings. The van der Waals surface area contributed by atoms with Crippen molar-refractivity contribution in [3.8, 4) is 11.1 Å². The van der Waals surface area contributed by atoms with Crippen LogP contribution in [0.2, 0.25) is 0 Å². The van der Waals surface area contributed by atoms with E-state index in [0.29, 0.717) is 11.6 Å². The standard InChI is InChI=1S/C27H28F2N2/c1-21(23-9-11-24(12-10-23)26-14-13-25(28)20-27(26)29)31-18-16-30(17-19-31)15-5-8-22-6-3-2-4-7-22/h2-14,20-21H,15-19H2,1H3/b8-5+. The van der Waals surface area contributed by atoms with Crippen LogP contribution in [0, 0.1) is 11.6 Å². The highest BCUT2D eigenvalue weighted by molar-refractivity contribution is 5.64. The van der Waals surface area contributed by atoms with Gasteiger partial charge in [-0.1, -0.05) is 66.7 Å². The highest BCUT2D eigenvalue weighted by atomic mass is 19.1. The maximum absolute atomic E-state index is 14.1. The maximum Gasteiger partial charge on any atom is 0.133 e. The molecular weight excluding hydrogens is 390 g/mol. The predicted molar refractivity (Wildman–Crippen MR) is 124 cm³/mol. The molecule has 2 nitrogen and oxygen atoms in total. The summed E-state index contributed by atoms with van der Waals surface area (Å²) in [5.74, 6) is -1.08. The molecule has 1 heterocycles. The van der Waals surface area contributed by atoms with Crippen LogP contribution >= 0.6 is 0 Å². The minimum atomic E-state index is -0.554. The molecular formula is C27H28F2N2. The molecule has 4 heteroatoms. The molecule has 0 spiro atoms. The molecule has 0 radical (unpaired) electrons. The summed E-state index contributed by atoms with van der Waals surface area (Å²) in [5.41, 5.74) is 3.64. The monoisotopic (exact) mass is 418 g/mol. The number of rotatable bonds is 6. The van der Waals surface area contributed by atoms with Crippen LogP contribution in [-0.2, 0) is 0 Å². The molecule has 0 aromatic heterocycles. The first kappa shape index (κ1) is 21.4. The van der Waals surface area contributed by atoms with Gasteiger partial charge in [0.25, 0.3) is 0 Å². The Bertz CT molecular complexity index is 1010. The largest absolute Gasteiger partial charge is 0.297 e. The van der Waals surface area contributed by atoms with Gasteiger partial charge in [-0.25, -0.2) is 8.78 Å². The van der Waals surface area contributed by atoms with Gasteiger partial charge in [-0.2, -0.15) is 0 Å². The first-order valence-corrected chi connectivity index (χ1v) is 10.8. The van der Waals surface area contributed by atoms with Crippen LogP contribution in [0.15, 0.2) is 78.9 Å². The van der Waals surface area contributed by atoms with Gasteiger partial charge in [0.15, 0.2) is 0 Å². The average Bonchev–Trinajstić information content (AvgIpc) is 2.80. The van der Waals surface area contributed by atoms with Gasteiger partial charge in [-0.05, 0) is 35.7 Å². The van der Waals surface area contributed by atoms with Crippen molar-refractivity contribution in [1.29, 1.82) is 0 Å². The van der Waals surface area contributed by atoms with Gasteiger partial charge >= 0.3 is 0 Å². The zero-order chi connectivity index (χ0) is 21.6. The van der Waals surface area contributed by atoms with Crippen LogP contribution in [0.3, 0.4) is 0 Å². The first-order chi connectivity index (χ1) is 15.1. The minimum Gasteiger partial charge on any atom is -0.297 e. The molecule has 0 amide bonds. The molecule has 31 heavy (non-hydrogen) atoms. The molecule has 1 atom stereocenters. The fourth-order valence-corrected chi connectivity index (χ4v) is 4.11. The molecule has 4 rings (SSSR count). The van der Waals surface area contributed by atoms with E-state index in [9.17, 15) is 8.78 Å². The molecule has 1 saturated heterocycles. The van der Waals surface area contributed by atoms with E-state index < -0.39 is 11.6 Å². The topological polar surface area (TPSA) is 6.48 Å². The fraction of sp³-hybridized carbons (Fsp3) is 0.259. The second-order valence-corrected chi connectivity index (χ2v) is 8.07. The number of nitrogens with zero attached hydrogens (tertiary/aromatic N) is 2. The van der Waals surface area contributed by atoms with E-state index >= 15 is 0 Å². The summed E-state index contributed by atoms with van der Waals surface area (Å²) in [7, 11) is 0. The van der Waals surface area contributed by atoms with Crippen LogP contribution in [0.5, 0.6) is 0 Å². The summed E-state index contributed by atoms with van der Waals surface area (Å²) in [6.45, 7) is 7.32. The number of benzene rings is 3. The molecule has 1 unspecified atom stereocenters. The van der Waals surface area contributed by atoms with Crippen LogP contribution in [-0.4, -0.2) is 42.5 Å². The van der Waals surface area contributed by atoms with Crippen molar-refractivity contribution >= 4 is 6.08 Å². The molecule has 160 valence electrons. The summed E-state index contributed by atoms with van der Waals surface area (Å²) in [6.07, 6.45) is 4.42. The highest BCUT2D eigenvalue weighted by Crippen LogP contribution is 2.27. The third kappa shape index (κ3) is 5.46. The summed E-state index contributed by atoms with van der Waals surface area (Å²) in [6, 6.07) is 22.4. The van der Waals surface area contributed by atoms with Gasteiger partial charge < -0.3 is 0 Å². The van der Waals surface area contributed by atoms with E-state index in [1.54, 1.807) is 0 Å². The number of hydrogen-bond donors (Lipinski definition) is 0. The minimum absolute atomic E-state index is 0.300. The fourth-order valence-electron chi connectivity index (χ4n) is 4.11. The second kappa shape index (κ2) is 9.99. The molecule has 1 aliphatic heterocycles. The zero-order valence-electron chi connectivity index (χ0n) is 17.8. The van der Waals surface area contributed by atoms with Gasteiger partial charge in [-0.3, -0.25) is 9.80 Å². The third-order valence-corrected chi connectivity index (χ3v) is 6.06. The predicted octanol–water partition coefficient (Wildman–Crippen LogP) is 6.02. The van der Waals surface area contributed by atoms with Gasteiger partial charge in [0.05, 0.1) is 0 Å². The van der Waals surface area contributed by atoms with E-state index in [4.69, 9.17) is 0 Å². The normalized spacial score (nSPS) is 16.6. The third-order valence-electron chi connectivity index (χ3n) is 6.06. The second-order valence-electron chi connectivity index (χ2n) is 8.07. The molecule has 0 N–H and O–H groups in total. The summed E-state index contributed by atoms with van der Waals surface area (Å²) >= 11 is 0. The van der Waals surface area contributed by atoms with E-state index in [1.807, 2.05) is 18.2 Å². The van der Waals surface area contributed by atoms with Crippen molar-refractivity contribution < 1.29 is 8.78 Å². The molecule has 0 aliphatic carbocycles. The van der Waals surface area contributed by atoms with E-state index in [1.165, 1.54) is 23.3 Å². The quantitative estimate of drug-likeness (QED) is 0.483. The Morgan fingerprint density at radius 3 is 2.26 bits per heavy atom.